The Hall–Kier alpha value is -2.54. The number of hydrogen-bond acceptors (Lipinski definition) is 6. The Morgan fingerprint density at radius 2 is 1.87 bits per heavy atom. The van der Waals surface area contributed by atoms with Crippen LogP contribution in [0.1, 0.15) is 18.4 Å². The Morgan fingerprint density at radius 3 is 2.42 bits per heavy atom. The minimum absolute atomic E-state index is 0.0929. The first-order valence-electron chi connectivity index (χ1n) is 9.99. The number of anilines is 1. The summed E-state index contributed by atoms with van der Waals surface area (Å²) in [6.45, 7) is 2.51. The summed E-state index contributed by atoms with van der Waals surface area (Å²) in [6, 6.07) is 2.69. The molecule has 3 amide bonds. The zero-order valence-electron chi connectivity index (χ0n) is 17.5. The van der Waals surface area contributed by atoms with E-state index in [4.69, 9.17) is 5.73 Å². The second-order valence-corrected chi connectivity index (χ2v) is 9.76. The lowest BCUT2D eigenvalue weighted by molar-refractivity contribution is -0.864. The fourth-order valence-corrected chi connectivity index (χ4v) is 5.25. The lowest BCUT2D eigenvalue weighted by atomic mass is 10.2. The summed E-state index contributed by atoms with van der Waals surface area (Å²) in [5, 5.41) is 12.0. The van der Waals surface area contributed by atoms with Crippen molar-refractivity contribution in [2.24, 2.45) is 5.73 Å². The summed E-state index contributed by atoms with van der Waals surface area (Å²) in [5.74, 6) is -2.02. The molecular weight excluding hydrogens is 426 g/mol. The SMILES string of the molecule is Cc1c(N2CCCC2=O)cccc1S(=O)(=O)N[C@@H](C(N)=O)C(=O)N1CC[N+](C)([O-])CC1. The van der Waals surface area contributed by atoms with Gasteiger partial charge in [0.25, 0.3) is 5.91 Å². The summed E-state index contributed by atoms with van der Waals surface area (Å²) in [4.78, 5) is 39.5. The lowest BCUT2D eigenvalue weighted by Gasteiger charge is -2.45. The smallest absolute Gasteiger partial charge is 0.250 e. The number of nitrogens with zero attached hydrogens (tertiary/aromatic N) is 3. The van der Waals surface area contributed by atoms with Crippen LogP contribution in [0.5, 0.6) is 0 Å². The normalized spacial score (nSPS) is 20.0. The summed E-state index contributed by atoms with van der Waals surface area (Å²) in [7, 11) is -2.83. The first kappa shape index (κ1) is 23.1. The molecule has 2 heterocycles. The number of likely N-dealkylation sites (N-methyl/N-ethyl adjacent to an activating group) is 1. The molecule has 170 valence electrons. The van der Waals surface area contributed by atoms with Gasteiger partial charge in [-0.1, -0.05) is 6.07 Å². The van der Waals surface area contributed by atoms with Crippen LogP contribution in [-0.2, 0) is 24.4 Å². The van der Waals surface area contributed by atoms with Crippen LogP contribution in [0.3, 0.4) is 0 Å². The van der Waals surface area contributed by atoms with E-state index in [2.05, 4.69) is 4.72 Å². The molecule has 2 aliphatic heterocycles. The summed E-state index contributed by atoms with van der Waals surface area (Å²) in [5.41, 5.74) is 6.14. The van der Waals surface area contributed by atoms with E-state index in [9.17, 15) is 28.0 Å². The van der Waals surface area contributed by atoms with Gasteiger partial charge in [-0.2, -0.15) is 4.72 Å². The largest absolute Gasteiger partial charge is 0.633 e. The number of sulfonamides is 1. The molecule has 12 heteroatoms. The van der Waals surface area contributed by atoms with Crippen molar-refractivity contribution in [1.29, 1.82) is 0 Å². The van der Waals surface area contributed by atoms with Gasteiger partial charge in [-0.05, 0) is 31.0 Å². The average Bonchev–Trinajstić information content (AvgIpc) is 3.11. The predicted molar refractivity (Wildman–Crippen MR) is 112 cm³/mol. The fraction of sp³-hybridized carbons (Fsp3) is 0.526. The summed E-state index contributed by atoms with van der Waals surface area (Å²) >= 11 is 0. The molecule has 1 atom stereocenters. The van der Waals surface area contributed by atoms with Gasteiger partial charge in [-0.3, -0.25) is 14.4 Å². The van der Waals surface area contributed by atoms with Crippen molar-refractivity contribution in [1.82, 2.24) is 9.62 Å². The van der Waals surface area contributed by atoms with Crippen LogP contribution in [0, 0.1) is 12.1 Å². The third-order valence-corrected chi connectivity index (χ3v) is 7.28. The number of rotatable bonds is 6. The minimum Gasteiger partial charge on any atom is -0.633 e. The van der Waals surface area contributed by atoms with Gasteiger partial charge < -0.3 is 25.4 Å². The van der Waals surface area contributed by atoms with Crippen LogP contribution in [0.2, 0.25) is 0 Å². The molecule has 3 rings (SSSR count). The highest BCUT2D eigenvalue weighted by atomic mass is 32.2. The standard InChI is InChI=1S/C19H27N5O6S/c1-13-14(23-8-4-7-16(23)25)5-3-6-15(13)31(29,30)21-17(18(20)26)19(27)22-9-11-24(2,28)12-10-22/h3,5-6,17,21H,4,7-12H2,1-2H3,(H2,20,26)/t17-/m0/s1. The van der Waals surface area contributed by atoms with Crippen LogP contribution in [0.4, 0.5) is 5.69 Å². The van der Waals surface area contributed by atoms with E-state index in [0.29, 0.717) is 30.6 Å². The van der Waals surface area contributed by atoms with E-state index in [1.807, 2.05) is 0 Å². The van der Waals surface area contributed by atoms with Gasteiger partial charge in [0, 0.05) is 18.7 Å². The number of carbonyl (C=O) groups excluding carboxylic acids is 3. The monoisotopic (exact) mass is 453 g/mol. The number of nitrogens with one attached hydrogen (secondary N) is 1. The van der Waals surface area contributed by atoms with E-state index in [0.717, 1.165) is 0 Å². The molecule has 3 N–H and O–H groups in total. The molecule has 0 radical (unpaired) electrons. The van der Waals surface area contributed by atoms with Gasteiger partial charge >= 0.3 is 0 Å². The molecule has 0 unspecified atom stereocenters. The van der Waals surface area contributed by atoms with Crippen molar-refractivity contribution >= 4 is 33.4 Å². The van der Waals surface area contributed by atoms with Crippen molar-refractivity contribution in [3.63, 3.8) is 0 Å². The molecule has 2 fully saturated rings. The van der Waals surface area contributed by atoms with Crippen molar-refractivity contribution < 1.29 is 27.4 Å². The van der Waals surface area contributed by atoms with Crippen LogP contribution in [-0.4, -0.2) is 81.5 Å². The molecular formula is C19H27N5O6S. The predicted octanol–water partition coefficient (Wildman–Crippen LogP) is -0.959. The van der Waals surface area contributed by atoms with Gasteiger partial charge in [0.1, 0.15) is 0 Å². The third kappa shape index (κ3) is 4.87. The first-order valence-corrected chi connectivity index (χ1v) is 11.5. The maximum Gasteiger partial charge on any atom is 0.250 e. The van der Waals surface area contributed by atoms with Crippen molar-refractivity contribution in [2.75, 3.05) is 44.7 Å². The van der Waals surface area contributed by atoms with E-state index in [1.165, 1.54) is 29.0 Å². The summed E-state index contributed by atoms with van der Waals surface area (Å²) < 4.78 is 27.7. The molecule has 31 heavy (non-hydrogen) atoms. The third-order valence-electron chi connectivity index (χ3n) is 5.71. The molecule has 2 aliphatic rings. The van der Waals surface area contributed by atoms with Crippen LogP contribution in [0.15, 0.2) is 23.1 Å². The molecule has 1 aromatic rings. The molecule has 0 aromatic heterocycles. The van der Waals surface area contributed by atoms with Crippen molar-refractivity contribution in [3.05, 3.63) is 29.0 Å². The molecule has 2 saturated heterocycles. The quantitative estimate of drug-likeness (QED) is 0.321. The minimum atomic E-state index is -4.31. The van der Waals surface area contributed by atoms with E-state index in [-0.39, 0.29) is 37.0 Å². The fourth-order valence-electron chi connectivity index (χ4n) is 3.83. The number of hydrogen-bond donors (Lipinski definition) is 2. The van der Waals surface area contributed by atoms with Gasteiger partial charge in [0.15, 0.2) is 6.04 Å². The highest BCUT2D eigenvalue weighted by Gasteiger charge is 2.37. The number of benzene rings is 1. The number of hydroxylamine groups is 3. The first-order chi connectivity index (χ1) is 14.4. The highest BCUT2D eigenvalue weighted by molar-refractivity contribution is 7.89. The zero-order valence-corrected chi connectivity index (χ0v) is 18.4. The molecule has 0 spiro atoms. The van der Waals surface area contributed by atoms with Crippen LogP contribution in [0.25, 0.3) is 0 Å². The number of carbonyl (C=O) groups is 3. The van der Waals surface area contributed by atoms with E-state index < -0.39 is 32.5 Å². The maximum atomic E-state index is 13.1. The van der Waals surface area contributed by atoms with Gasteiger partial charge in [0.05, 0.1) is 38.1 Å². The Morgan fingerprint density at radius 1 is 1.23 bits per heavy atom. The van der Waals surface area contributed by atoms with Crippen LogP contribution < -0.4 is 15.4 Å². The topological polar surface area (TPSA) is 153 Å². The van der Waals surface area contributed by atoms with Gasteiger partial charge in [-0.15, -0.1) is 0 Å². The molecule has 0 aliphatic carbocycles. The molecule has 0 bridgehead atoms. The highest BCUT2D eigenvalue weighted by Crippen LogP contribution is 2.29. The Balaban J connectivity index is 1.85. The number of amides is 3. The number of piperazine rings is 1. The van der Waals surface area contributed by atoms with Crippen LogP contribution >= 0.6 is 0 Å². The second-order valence-electron chi connectivity index (χ2n) is 8.08. The number of primary amides is 1. The average molecular weight is 454 g/mol. The van der Waals surface area contributed by atoms with Gasteiger partial charge in [0.2, 0.25) is 21.8 Å². The number of nitrogens with two attached hydrogens (primary N) is 1. The second kappa shape index (κ2) is 8.54. The molecule has 1 aromatic carbocycles. The molecule has 11 nitrogen and oxygen atoms in total. The Labute approximate surface area is 181 Å². The van der Waals surface area contributed by atoms with Crippen molar-refractivity contribution in [2.45, 2.75) is 30.7 Å². The van der Waals surface area contributed by atoms with E-state index >= 15 is 0 Å². The van der Waals surface area contributed by atoms with Crippen molar-refractivity contribution in [3.8, 4) is 0 Å². The maximum absolute atomic E-state index is 13.1. The molecule has 0 saturated carbocycles. The van der Waals surface area contributed by atoms with E-state index in [1.54, 1.807) is 13.0 Å². The number of quaternary nitrogens is 1. The zero-order chi connectivity index (χ0) is 23.0. The lowest BCUT2D eigenvalue weighted by Crippen LogP contribution is -2.61. The Bertz CT molecular complexity index is 999. The Kier molecular flexibility index (Phi) is 6.37. The van der Waals surface area contributed by atoms with Gasteiger partial charge in [-0.25, -0.2) is 8.42 Å². The summed E-state index contributed by atoms with van der Waals surface area (Å²) in [6.07, 6.45) is 1.08.